The lowest BCUT2D eigenvalue weighted by molar-refractivity contribution is 0.0953. The van der Waals surface area contributed by atoms with Gasteiger partial charge in [0.2, 0.25) is 0 Å². The number of hydrazine groups is 1. The Morgan fingerprint density at radius 3 is 2.23 bits per heavy atom. The number of nitrogens with one attached hydrogen (secondary N) is 1. The van der Waals surface area contributed by atoms with Crippen LogP contribution in [0.2, 0.25) is 0 Å². The summed E-state index contributed by atoms with van der Waals surface area (Å²) in [4.78, 5) is 20.5. The molecule has 0 aliphatic rings. The molecule has 0 aliphatic carbocycles. The Morgan fingerprint density at radius 1 is 0.909 bits per heavy atom. The van der Waals surface area contributed by atoms with Crippen molar-refractivity contribution in [3.63, 3.8) is 0 Å². The van der Waals surface area contributed by atoms with Gasteiger partial charge in [0.1, 0.15) is 6.33 Å². The first-order valence-electron chi connectivity index (χ1n) is 6.82. The van der Waals surface area contributed by atoms with E-state index >= 15 is 0 Å². The molecule has 2 aromatic carbocycles. The van der Waals surface area contributed by atoms with E-state index < -0.39 is 0 Å². The Hall–Kier alpha value is -3.21. The van der Waals surface area contributed by atoms with Crippen molar-refractivity contribution in [2.75, 3.05) is 5.01 Å². The summed E-state index contributed by atoms with van der Waals surface area (Å²) in [5.74, 6) is 0.383. The second-order valence-electron chi connectivity index (χ2n) is 4.55. The van der Waals surface area contributed by atoms with Crippen molar-refractivity contribution in [1.82, 2.24) is 15.4 Å². The molecular weight excluding hydrogens is 276 g/mol. The van der Waals surface area contributed by atoms with Crippen molar-refractivity contribution in [1.29, 1.82) is 0 Å². The van der Waals surface area contributed by atoms with Crippen LogP contribution in [0.25, 0.3) is 0 Å². The molecule has 3 rings (SSSR count). The number of hydrogen-bond donors (Lipinski definition) is 1. The van der Waals surface area contributed by atoms with E-state index in [4.69, 9.17) is 0 Å². The molecule has 0 radical (unpaired) electrons. The summed E-state index contributed by atoms with van der Waals surface area (Å²) in [6.07, 6.45) is 3.08. The maximum atomic E-state index is 12.4. The molecule has 1 N–H and O–H groups in total. The van der Waals surface area contributed by atoms with Gasteiger partial charge < -0.3 is 0 Å². The molecule has 1 heterocycles. The minimum Gasteiger partial charge on any atom is -0.267 e. The van der Waals surface area contributed by atoms with Crippen LogP contribution < -0.4 is 10.4 Å². The SMILES string of the molecule is O=C(NN(c1ccccc1)c1ccncn1)c1ccccc1. The maximum absolute atomic E-state index is 12.4. The molecular formula is C17H14N4O. The zero-order valence-corrected chi connectivity index (χ0v) is 11.8. The fourth-order valence-electron chi connectivity index (χ4n) is 2.00. The van der Waals surface area contributed by atoms with Gasteiger partial charge in [-0.05, 0) is 24.3 Å². The highest BCUT2D eigenvalue weighted by Gasteiger charge is 2.14. The van der Waals surface area contributed by atoms with Crippen LogP contribution in [-0.2, 0) is 0 Å². The van der Waals surface area contributed by atoms with E-state index in [0.29, 0.717) is 11.4 Å². The van der Waals surface area contributed by atoms with E-state index in [1.165, 1.54) is 6.33 Å². The van der Waals surface area contributed by atoms with E-state index in [1.807, 2.05) is 48.5 Å². The third-order valence-corrected chi connectivity index (χ3v) is 3.06. The van der Waals surface area contributed by atoms with Crippen LogP contribution in [0.1, 0.15) is 10.4 Å². The first-order chi connectivity index (χ1) is 10.8. The van der Waals surface area contributed by atoms with Crippen molar-refractivity contribution in [2.24, 2.45) is 0 Å². The molecule has 0 unspecified atom stereocenters. The zero-order valence-electron chi connectivity index (χ0n) is 11.8. The number of para-hydroxylation sites is 1. The number of rotatable bonds is 4. The minimum atomic E-state index is -0.205. The Balaban J connectivity index is 1.91. The lowest BCUT2D eigenvalue weighted by atomic mass is 10.2. The topological polar surface area (TPSA) is 58.1 Å². The number of hydrogen-bond acceptors (Lipinski definition) is 4. The Kier molecular flexibility index (Phi) is 4.06. The molecule has 0 saturated carbocycles. The second-order valence-corrected chi connectivity index (χ2v) is 4.55. The van der Waals surface area contributed by atoms with Gasteiger partial charge >= 0.3 is 0 Å². The molecule has 1 amide bonds. The van der Waals surface area contributed by atoms with Crippen molar-refractivity contribution in [2.45, 2.75) is 0 Å². The summed E-state index contributed by atoms with van der Waals surface area (Å²) >= 11 is 0. The first kappa shape index (κ1) is 13.8. The van der Waals surface area contributed by atoms with Crippen LogP contribution in [0.4, 0.5) is 11.5 Å². The van der Waals surface area contributed by atoms with Gasteiger partial charge in [-0.3, -0.25) is 10.2 Å². The molecule has 5 nitrogen and oxygen atoms in total. The molecule has 0 bridgehead atoms. The Labute approximate surface area is 128 Å². The standard InChI is InChI=1S/C17H14N4O/c22-17(14-7-3-1-4-8-14)20-21(15-9-5-2-6-10-15)16-11-12-18-13-19-16/h1-13H,(H,20,22). The molecule has 22 heavy (non-hydrogen) atoms. The third kappa shape index (κ3) is 3.09. The summed E-state index contributed by atoms with van der Waals surface area (Å²) in [5.41, 5.74) is 4.26. The normalized spacial score (nSPS) is 10.0. The summed E-state index contributed by atoms with van der Waals surface area (Å²) in [7, 11) is 0. The number of carbonyl (C=O) groups excluding carboxylic acids is 1. The number of amides is 1. The van der Waals surface area contributed by atoms with Crippen molar-refractivity contribution < 1.29 is 4.79 Å². The van der Waals surface area contributed by atoms with E-state index in [2.05, 4.69) is 15.4 Å². The van der Waals surface area contributed by atoms with Crippen LogP contribution in [0.15, 0.2) is 79.3 Å². The van der Waals surface area contributed by atoms with E-state index in [9.17, 15) is 4.79 Å². The van der Waals surface area contributed by atoms with Crippen LogP contribution >= 0.6 is 0 Å². The van der Waals surface area contributed by atoms with Crippen LogP contribution in [0, 0.1) is 0 Å². The predicted molar refractivity (Wildman–Crippen MR) is 84.5 cm³/mol. The largest absolute Gasteiger partial charge is 0.270 e. The molecule has 3 aromatic rings. The fraction of sp³-hybridized carbons (Fsp3) is 0. The van der Waals surface area contributed by atoms with Crippen molar-refractivity contribution >= 4 is 17.4 Å². The Bertz CT molecular complexity index is 693. The third-order valence-electron chi connectivity index (χ3n) is 3.06. The van der Waals surface area contributed by atoms with E-state index in [-0.39, 0.29) is 5.91 Å². The van der Waals surface area contributed by atoms with E-state index in [1.54, 1.807) is 29.4 Å². The maximum Gasteiger partial charge on any atom is 0.270 e. The highest BCUT2D eigenvalue weighted by molar-refractivity contribution is 5.95. The highest BCUT2D eigenvalue weighted by atomic mass is 16.2. The number of carbonyl (C=O) groups is 1. The summed E-state index contributed by atoms with van der Waals surface area (Å²) < 4.78 is 0. The van der Waals surface area contributed by atoms with Crippen LogP contribution in [0.3, 0.4) is 0 Å². The molecule has 0 spiro atoms. The van der Waals surface area contributed by atoms with Crippen molar-refractivity contribution in [3.05, 3.63) is 84.8 Å². The summed E-state index contributed by atoms with van der Waals surface area (Å²) in [6.45, 7) is 0. The number of benzene rings is 2. The molecule has 0 atom stereocenters. The monoisotopic (exact) mass is 290 g/mol. The number of nitrogens with zero attached hydrogens (tertiary/aromatic N) is 3. The average Bonchev–Trinajstić information content (AvgIpc) is 2.62. The fourth-order valence-corrected chi connectivity index (χ4v) is 2.00. The van der Waals surface area contributed by atoms with E-state index in [0.717, 1.165) is 5.69 Å². The minimum absolute atomic E-state index is 0.205. The molecule has 1 aromatic heterocycles. The molecule has 0 saturated heterocycles. The summed E-state index contributed by atoms with van der Waals surface area (Å²) in [6, 6.07) is 20.3. The van der Waals surface area contributed by atoms with Gasteiger partial charge in [0, 0.05) is 17.8 Å². The van der Waals surface area contributed by atoms with Crippen LogP contribution in [0.5, 0.6) is 0 Å². The average molecular weight is 290 g/mol. The van der Waals surface area contributed by atoms with Gasteiger partial charge in [-0.25, -0.2) is 15.0 Å². The van der Waals surface area contributed by atoms with Gasteiger partial charge in [-0.2, -0.15) is 0 Å². The Morgan fingerprint density at radius 2 is 1.59 bits per heavy atom. The highest BCUT2D eigenvalue weighted by Crippen LogP contribution is 2.20. The second kappa shape index (κ2) is 6.49. The lowest BCUT2D eigenvalue weighted by Gasteiger charge is -2.24. The van der Waals surface area contributed by atoms with Crippen molar-refractivity contribution in [3.8, 4) is 0 Å². The summed E-state index contributed by atoms with van der Waals surface area (Å²) in [5, 5.41) is 1.64. The number of aromatic nitrogens is 2. The van der Waals surface area contributed by atoms with Gasteiger partial charge in [-0.1, -0.05) is 36.4 Å². The predicted octanol–water partition coefficient (Wildman–Crippen LogP) is 2.96. The van der Waals surface area contributed by atoms with Gasteiger partial charge in [0.05, 0.1) is 5.69 Å². The molecule has 0 aliphatic heterocycles. The smallest absolute Gasteiger partial charge is 0.267 e. The lowest BCUT2D eigenvalue weighted by Crippen LogP contribution is -2.39. The zero-order chi connectivity index (χ0) is 15.2. The molecule has 0 fully saturated rings. The van der Waals surface area contributed by atoms with Gasteiger partial charge in [0.25, 0.3) is 5.91 Å². The number of anilines is 2. The molecule has 5 heteroatoms. The first-order valence-corrected chi connectivity index (χ1v) is 6.82. The molecule has 108 valence electrons. The van der Waals surface area contributed by atoms with Gasteiger partial charge in [0.15, 0.2) is 5.82 Å². The quantitative estimate of drug-likeness (QED) is 0.751. The van der Waals surface area contributed by atoms with Crippen LogP contribution in [-0.4, -0.2) is 15.9 Å². The van der Waals surface area contributed by atoms with Gasteiger partial charge in [-0.15, -0.1) is 0 Å².